The van der Waals surface area contributed by atoms with Gasteiger partial charge in [0.2, 0.25) is 0 Å². The van der Waals surface area contributed by atoms with Crippen LogP contribution in [0.3, 0.4) is 0 Å². The van der Waals surface area contributed by atoms with Crippen molar-refractivity contribution in [2.75, 3.05) is 6.54 Å². The first-order valence-corrected chi connectivity index (χ1v) is 4.67. The summed E-state index contributed by atoms with van der Waals surface area (Å²) in [4.78, 5) is 11.1. The van der Waals surface area contributed by atoms with Crippen LogP contribution in [0.5, 0.6) is 0 Å². The molecule has 0 aromatic heterocycles. The van der Waals surface area contributed by atoms with Gasteiger partial charge in [-0.2, -0.15) is 13.2 Å². The molecule has 0 fully saturated rings. The zero-order valence-corrected chi connectivity index (χ0v) is 8.23. The van der Waals surface area contributed by atoms with Gasteiger partial charge in [-0.1, -0.05) is 13.3 Å². The van der Waals surface area contributed by atoms with Crippen molar-refractivity contribution in [2.24, 2.45) is 11.7 Å². The van der Waals surface area contributed by atoms with Crippen molar-refractivity contribution in [1.29, 1.82) is 0 Å². The Morgan fingerprint density at radius 1 is 1.43 bits per heavy atom. The van der Waals surface area contributed by atoms with Crippen molar-refractivity contribution in [3.05, 3.63) is 0 Å². The van der Waals surface area contributed by atoms with E-state index in [1.165, 1.54) is 0 Å². The van der Waals surface area contributed by atoms with Crippen LogP contribution in [0.25, 0.3) is 0 Å². The van der Waals surface area contributed by atoms with Crippen LogP contribution in [-0.4, -0.2) is 18.5 Å². The summed E-state index contributed by atoms with van der Waals surface area (Å²) >= 11 is 0. The summed E-state index contributed by atoms with van der Waals surface area (Å²) in [5.41, 5.74) is 5.34. The Hall–Kier alpha value is -0.580. The molecule has 0 saturated heterocycles. The molecule has 2 N–H and O–H groups in total. The molecule has 0 aliphatic rings. The highest BCUT2D eigenvalue weighted by Gasteiger charge is 2.28. The van der Waals surface area contributed by atoms with E-state index in [9.17, 15) is 18.0 Å². The lowest BCUT2D eigenvalue weighted by Crippen LogP contribution is -2.18. The van der Waals surface area contributed by atoms with Crippen molar-refractivity contribution in [1.82, 2.24) is 0 Å². The maximum Gasteiger partial charge on any atom is 0.389 e. The van der Waals surface area contributed by atoms with Gasteiger partial charge in [0.25, 0.3) is 0 Å². The van der Waals surface area contributed by atoms with Crippen LogP contribution in [-0.2, 0) is 4.79 Å². The number of ketones is 1. The zero-order valence-electron chi connectivity index (χ0n) is 8.23. The summed E-state index contributed by atoms with van der Waals surface area (Å²) in [6.07, 6.45) is -4.77. The zero-order chi connectivity index (χ0) is 11.2. The van der Waals surface area contributed by atoms with Crippen LogP contribution in [0.1, 0.15) is 32.6 Å². The molecule has 2 nitrogen and oxygen atoms in total. The Bertz CT molecular complexity index is 175. The molecule has 0 aromatic rings. The predicted octanol–water partition coefficient (Wildman–Crippen LogP) is 2.27. The van der Waals surface area contributed by atoms with Gasteiger partial charge < -0.3 is 5.73 Å². The molecule has 0 aliphatic heterocycles. The third kappa shape index (κ3) is 6.88. The molecule has 0 radical (unpaired) electrons. The molecule has 0 spiro atoms. The van der Waals surface area contributed by atoms with E-state index in [0.717, 1.165) is 6.42 Å². The molecular formula is C9H16F3NO. The van der Waals surface area contributed by atoms with Gasteiger partial charge in [0.1, 0.15) is 5.78 Å². The number of rotatable bonds is 6. The standard InChI is InChI=1S/C9H16F3NO/c1-2-7(6-13)5-8(14)3-4-9(10,11)12/h7H,2-6,13H2,1H3. The summed E-state index contributed by atoms with van der Waals surface area (Å²) in [7, 11) is 0. The molecule has 1 atom stereocenters. The largest absolute Gasteiger partial charge is 0.389 e. The van der Waals surface area contributed by atoms with Gasteiger partial charge in [-0.15, -0.1) is 0 Å². The van der Waals surface area contributed by atoms with Gasteiger partial charge in [0.15, 0.2) is 0 Å². The third-order valence-corrected chi connectivity index (χ3v) is 2.11. The fraction of sp³-hybridized carbons (Fsp3) is 0.889. The van der Waals surface area contributed by atoms with Crippen LogP contribution in [0, 0.1) is 5.92 Å². The lowest BCUT2D eigenvalue weighted by molar-refractivity contribution is -0.143. The normalized spacial score (nSPS) is 14.1. The molecule has 1 unspecified atom stereocenters. The summed E-state index contributed by atoms with van der Waals surface area (Å²) in [6.45, 7) is 2.23. The lowest BCUT2D eigenvalue weighted by atomic mass is 9.98. The van der Waals surface area contributed by atoms with Gasteiger partial charge in [0.05, 0.1) is 6.42 Å². The SMILES string of the molecule is CCC(CN)CC(=O)CCC(F)(F)F. The van der Waals surface area contributed by atoms with Crippen molar-refractivity contribution in [3.8, 4) is 0 Å². The summed E-state index contributed by atoms with van der Waals surface area (Å²) in [5, 5.41) is 0. The summed E-state index contributed by atoms with van der Waals surface area (Å²) in [6, 6.07) is 0. The van der Waals surface area contributed by atoms with E-state index in [1.807, 2.05) is 6.92 Å². The average molecular weight is 211 g/mol. The van der Waals surface area contributed by atoms with E-state index >= 15 is 0 Å². The fourth-order valence-electron chi connectivity index (χ4n) is 1.10. The van der Waals surface area contributed by atoms with Gasteiger partial charge in [-0.05, 0) is 12.5 Å². The van der Waals surface area contributed by atoms with Crippen LogP contribution in [0.4, 0.5) is 13.2 Å². The van der Waals surface area contributed by atoms with E-state index in [2.05, 4.69) is 0 Å². The highest BCUT2D eigenvalue weighted by Crippen LogP contribution is 2.22. The maximum absolute atomic E-state index is 11.7. The average Bonchev–Trinajstić information content (AvgIpc) is 2.09. The Kier molecular flexibility index (Phi) is 5.76. The molecule has 0 aliphatic carbocycles. The topological polar surface area (TPSA) is 43.1 Å². The minimum Gasteiger partial charge on any atom is -0.330 e. The first-order chi connectivity index (χ1) is 6.39. The number of nitrogens with two attached hydrogens (primary N) is 1. The van der Waals surface area contributed by atoms with Gasteiger partial charge in [-0.3, -0.25) is 4.79 Å². The molecule has 14 heavy (non-hydrogen) atoms. The minimum atomic E-state index is -4.24. The smallest absolute Gasteiger partial charge is 0.330 e. The molecule has 0 heterocycles. The van der Waals surface area contributed by atoms with E-state index in [1.54, 1.807) is 0 Å². The van der Waals surface area contributed by atoms with E-state index in [-0.39, 0.29) is 18.1 Å². The van der Waals surface area contributed by atoms with Crippen molar-refractivity contribution >= 4 is 5.78 Å². The highest BCUT2D eigenvalue weighted by molar-refractivity contribution is 5.78. The molecule has 5 heteroatoms. The van der Waals surface area contributed by atoms with Crippen LogP contribution < -0.4 is 5.73 Å². The maximum atomic E-state index is 11.7. The first-order valence-electron chi connectivity index (χ1n) is 4.67. The Morgan fingerprint density at radius 2 is 2.00 bits per heavy atom. The highest BCUT2D eigenvalue weighted by atomic mass is 19.4. The van der Waals surface area contributed by atoms with Gasteiger partial charge in [-0.25, -0.2) is 0 Å². The molecule has 84 valence electrons. The van der Waals surface area contributed by atoms with Crippen LogP contribution >= 0.6 is 0 Å². The third-order valence-electron chi connectivity index (χ3n) is 2.11. The quantitative estimate of drug-likeness (QED) is 0.732. The van der Waals surface area contributed by atoms with Crippen molar-refractivity contribution < 1.29 is 18.0 Å². The van der Waals surface area contributed by atoms with E-state index < -0.39 is 19.0 Å². The first kappa shape index (κ1) is 13.4. The lowest BCUT2D eigenvalue weighted by Gasteiger charge is -2.11. The molecule has 0 aromatic carbocycles. The number of halogens is 3. The number of Topliss-reactive ketones (excluding diaryl/α,β-unsaturated/α-hetero) is 1. The number of carbonyl (C=O) groups is 1. The molecular weight excluding hydrogens is 195 g/mol. The minimum absolute atomic E-state index is 0.0238. The van der Waals surface area contributed by atoms with Gasteiger partial charge >= 0.3 is 6.18 Å². The van der Waals surface area contributed by atoms with E-state index in [0.29, 0.717) is 6.54 Å². The molecule has 0 bridgehead atoms. The van der Waals surface area contributed by atoms with Crippen molar-refractivity contribution in [2.45, 2.75) is 38.8 Å². The van der Waals surface area contributed by atoms with Crippen LogP contribution in [0.2, 0.25) is 0 Å². The number of hydrogen-bond donors (Lipinski definition) is 1. The second-order valence-electron chi connectivity index (χ2n) is 3.37. The fourth-order valence-corrected chi connectivity index (χ4v) is 1.10. The number of alkyl halides is 3. The monoisotopic (exact) mass is 211 g/mol. The molecule has 0 saturated carbocycles. The van der Waals surface area contributed by atoms with E-state index in [4.69, 9.17) is 5.73 Å². The summed E-state index contributed by atoms with van der Waals surface area (Å²) < 4.78 is 35.2. The van der Waals surface area contributed by atoms with Crippen LogP contribution in [0.15, 0.2) is 0 Å². The van der Waals surface area contributed by atoms with Crippen molar-refractivity contribution in [3.63, 3.8) is 0 Å². The Morgan fingerprint density at radius 3 is 2.36 bits per heavy atom. The molecule has 0 amide bonds. The number of hydrogen-bond acceptors (Lipinski definition) is 2. The second-order valence-corrected chi connectivity index (χ2v) is 3.37. The molecule has 0 rings (SSSR count). The Labute approximate surface area is 81.7 Å². The van der Waals surface area contributed by atoms with Gasteiger partial charge in [0, 0.05) is 12.8 Å². The second kappa shape index (κ2) is 6.01. The number of carbonyl (C=O) groups excluding carboxylic acids is 1. The summed E-state index contributed by atoms with van der Waals surface area (Å²) in [5.74, 6) is -0.324. The predicted molar refractivity (Wildman–Crippen MR) is 47.7 cm³/mol. The Balaban J connectivity index is 3.75.